The maximum absolute atomic E-state index is 13.4. The quantitative estimate of drug-likeness (QED) is 0.822. The van der Waals surface area contributed by atoms with Crippen molar-refractivity contribution < 1.29 is 18.7 Å². The van der Waals surface area contributed by atoms with Crippen molar-refractivity contribution in [2.45, 2.75) is 31.9 Å². The molecule has 2 rings (SSSR count). The van der Waals surface area contributed by atoms with E-state index in [0.717, 1.165) is 0 Å². The molecular weight excluding hydrogens is 297 g/mol. The van der Waals surface area contributed by atoms with Gasteiger partial charge in [0, 0.05) is 24.4 Å². The topological polar surface area (TPSA) is 62.5 Å². The van der Waals surface area contributed by atoms with E-state index in [0.29, 0.717) is 17.7 Å². The van der Waals surface area contributed by atoms with Crippen LogP contribution in [0.5, 0.6) is 0 Å². The van der Waals surface area contributed by atoms with E-state index >= 15 is 0 Å². The van der Waals surface area contributed by atoms with Crippen LogP contribution in [-0.2, 0) is 4.79 Å². The van der Waals surface area contributed by atoms with Gasteiger partial charge >= 0.3 is 0 Å². The summed E-state index contributed by atoms with van der Waals surface area (Å²) in [6.45, 7) is 1.81. The predicted octanol–water partition coefficient (Wildman–Crippen LogP) is 3.45. The lowest BCUT2D eigenvalue weighted by Crippen LogP contribution is -2.33. The van der Waals surface area contributed by atoms with E-state index in [-0.39, 0.29) is 24.2 Å². The Hall–Kier alpha value is -2.40. The lowest BCUT2D eigenvalue weighted by atomic mass is 10.1. The van der Waals surface area contributed by atoms with E-state index in [4.69, 9.17) is 4.42 Å². The van der Waals surface area contributed by atoms with Gasteiger partial charge in [0.2, 0.25) is 5.91 Å². The summed E-state index contributed by atoms with van der Waals surface area (Å²) >= 11 is 0. The normalized spacial score (nSPS) is 13.9. The molecule has 122 valence electrons. The minimum atomic E-state index is -0.755. The van der Waals surface area contributed by atoms with E-state index in [1.54, 1.807) is 42.5 Å². The van der Waals surface area contributed by atoms with Crippen molar-refractivity contribution >= 4 is 12.0 Å². The summed E-state index contributed by atoms with van der Waals surface area (Å²) in [5.74, 6) is -0.0265. The van der Waals surface area contributed by atoms with Crippen LogP contribution in [0.4, 0.5) is 4.39 Å². The van der Waals surface area contributed by atoms with Gasteiger partial charge in [0.05, 0.1) is 6.26 Å². The molecule has 1 heterocycles. The standard InChI is InChI=1S/C18H20FNO3/c1-13(12-16(21)17-9-5-11-23-17)20-18(22)10-4-7-14-6-2-3-8-15(14)19/h2-9,11,13,16,21H,10,12H2,1H3,(H,20,22)/b7-4+. The molecule has 4 nitrogen and oxygen atoms in total. The fourth-order valence-corrected chi connectivity index (χ4v) is 2.23. The number of carbonyl (C=O) groups is 1. The van der Waals surface area contributed by atoms with Gasteiger partial charge in [-0.15, -0.1) is 0 Å². The summed E-state index contributed by atoms with van der Waals surface area (Å²) in [6, 6.07) is 9.56. The van der Waals surface area contributed by atoms with Crippen molar-refractivity contribution in [1.82, 2.24) is 5.32 Å². The van der Waals surface area contributed by atoms with Crippen LogP contribution >= 0.6 is 0 Å². The molecule has 0 saturated heterocycles. The maximum atomic E-state index is 13.4. The number of furan rings is 1. The van der Waals surface area contributed by atoms with Crippen molar-refractivity contribution in [2.75, 3.05) is 0 Å². The van der Waals surface area contributed by atoms with Crippen LogP contribution < -0.4 is 5.32 Å². The Morgan fingerprint density at radius 1 is 1.35 bits per heavy atom. The third kappa shape index (κ3) is 5.38. The fourth-order valence-electron chi connectivity index (χ4n) is 2.23. The van der Waals surface area contributed by atoms with Gasteiger partial charge in [-0.05, 0) is 25.1 Å². The number of aliphatic hydroxyl groups is 1. The zero-order valence-electron chi connectivity index (χ0n) is 12.9. The molecule has 0 saturated carbocycles. The number of aliphatic hydroxyl groups excluding tert-OH is 1. The second kappa shape index (κ2) is 8.29. The summed E-state index contributed by atoms with van der Waals surface area (Å²) in [4.78, 5) is 11.8. The van der Waals surface area contributed by atoms with Crippen molar-refractivity contribution in [3.63, 3.8) is 0 Å². The lowest BCUT2D eigenvalue weighted by Gasteiger charge is -2.16. The molecule has 5 heteroatoms. The van der Waals surface area contributed by atoms with Crippen LogP contribution in [0.25, 0.3) is 6.08 Å². The molecule has 2 atom stereocenters. The van der Waals surface area contributed by atoms with Gasteiger partial charge in [-0.1, -0.05) is 30.4 Å². The van der Waals surface area contributed by atoms with Gasteiger partial charge in [0.15, 0.2) is 0 Å². The van der Waals surface area contributed by atoms with Gasteiger partial charge in [-0.3, -0.25) is 4.79 Å². The number of hydrogen-bond donors (Lipinski definition) is 2. The first-order valence-corrected chi connectivity index (χ1v) is 7.48. The summed E-state index contributed by atoms with van der Waals surface area (Å²) in [7, 11) is 0. The third-order valence-electron chi connectivity index (χ3n) is 3.36. The van der Waals surface area contributed by atoms with Gasteiger partial charge in [0.25, 0.3) is 0 Å². The highest BCUT2D eigenvalue weighted by molar-refractivity contribution is 5.78. The van der Waals surface area contributed by atoms with Crippen LogP contribution in [0.3, 0.4) is 0 Å². The number of hydrogen-bond acceptors (Lipinski definition) is 3. The molecule has 0 radical (unpaired) electrons. The molecule has 2 unspecified atom stereocenters. The van der Waals surface area contributed by atoms with Crippen LogP contribution in [0.2, 0.25) is 0 Å². The fraction of sp³-hybridized carbons (Fsp3) is 0.278. The molecule has 2 N–H and O–H groups in total. The van der Waals surface area contributed by atoms with Crippen molar-refractivity contribution in [2.24, 2.45) is 0 Å². The summed E-state index contributed by atoms with van der Waals surface area (Å²) in [5.41, 5.74) is 0.446. The second-order valence-electron chi connectivity index (χ2n) is 5.36. The number of amides is 1. The third-order valence-corrected chi connectivity index (χ3v) is 3.36. The first-order valence-electron chi connectivity index (χ1n) is 7.48. The van der Waals surface area contributed by atoms with Crippen LogP contribution in [0.1, 0.15) is 37.2 Å². The van der Waals surface area contributed by atoms with Crippen molar-refractivity contribution in [3.8, 4) is 0 Å². The number of nitrogens with one attached hydrogen (secondary N) is 1. The summed E-state index contributed by atoms with van der Waals surface area (Å²) in [6.07, 6.45) is 4.44. The SMILES string of the molecule is CC(CC(O)c1ccco1)NC(=O)C/C=C/c1ccccc1F. The minimum Gasteiger partial charge on any atom is -0.467 e. The van der Waals surface area contributed by atoms with Crippen molar-refractivity contribution in [1.29, 1.82) is 0 Å². The molecule has 0 fully saturated rings. The number of carbonyl (C=O) groups excluding carboxylic acids is 1. The number of halogens is 1. The molecule has 23 heavy (non-hydrogen) atoms. The Balaban J connectivity index is 1.77. The van der Waals surface area contributed by atoms with E-state index < -0.39 is 6.10 Å². The highest BCUT2D eigenvalue weighted by Gasteiger charge is 2.15. The average molecular weight is 317 g/mol. The number of benzene rings is 1. The molecule has 0 aliphatic carbocycles. The van der Waals surface area contributed by atoms with Crippen LogP contribution in [0, 0.1) is 5.82 Å². The summed E-state index contributed by atoms with van der Waals surface area (Å²) < 4.78 is 18.5. The van der Waals surface area contributed by atoms with E-state index in [1.807, 2.05) is 6.92 Å². The minimum absolute atomic E-state index is 0.148. The monoisotopic (exact) mass is 317 g/mol. The molecule has 0 spiro atoms. The lowest BCUT2D eigenvalue weighted by molar-refractivity contribution is -0.121. The Kier molecular flexibility index (Phi) is 6.11. The molecular formula is C18H20FNO3. The van der Waals surface area contributed by atoms with Crippen LogP contribution in [0.15, 0.2) is 53.2 Å². The Labute approximate surface area is 134 Å². The van der Waals surface area contributed by atoms with Gasteiger partial charge in [0.1, 0.15) is 17.7 Å². The van der Waals surface area contributed by atoms with E-state index in [9.17, 15) is 14.3 Å². The first kappa shape index (κ1) is 17.0. The first-order chi connectivity index (χ1) is 11.1. The van der Waals surface area contributed by atoms with Gasteiger partial charge in [-0.2, -0.15) is 0 Å². The molecule has 2 aromatic rings. The van der Waals surface area contributed by atoms with Gasteiger partial charge in [-0.25, -0.2) is 4.39 Å². The van der Waals surface area contributed by atoms with Gasteiger partial charge < -0.3 is 14.8 Å². The largest absolute Gasteiger partial charge is 0.467 e. The second-order valence-corrected chi connectivity index (χ2v) is 5.36. The number of rotatable bonds is 7. The Morgan fingerprint density at radius 2 is 2.13 bits per heavy atom. The molecule has 1 aromatic carbocycles. The molecule has 1 aromatic heterocycles. The highest BCUT2D eigenvalue weighted by Crippen LogP contribution is 2.18. The summed E-state index contributed by atoms with van der Waals surface area (Å²) in [5, 5.41) is 12.7. The maximum Gasteiger partial charge on any atom is 0.224 e. The molecule has 0 aliphatic rings. The molecule has 0 bridgehead atoms. The zero-order chi connectivity index (χ0) is 16.7. The van der Waals surface area contributed by atoms with Crippen molar-refractivity contribution in [3.05, 3.63) is 65.9 Å². The smallest absolute Gasteiger partial charge is 0.224 e. The highest BCUT2D eigenvalue weighted by atomic mass is 19.1. The Bertz CT molecular complexity index is 652. The van der Waals surface area contributed by atoms with Crippen LogP contribution in [-0.4, -0.2) is 17.1 Å². The van der Waals surface area contributed by atoms with E-state index in [2.05, 4.69) is 5.32 Å². The van der Waals surface area contributed by atoms with E-state index in [1.165, 1.54) is 12.3 Å². The molecule has 1 amide bonds. The predicted molar refractivity (Wildman–Crippen MR) is 85.9 cm³/mol. The Morgan fingerprint density at radius 3 is 2.83 bits per heavy atom. The zero-order valence-corrected chi connectivity index (χ0v) is 12.9. The average Bonchev–Trinajstić information content (AvgIpc) is 3.03. The molecule has 0 aliphatic heterocycles.